The Morgan fingerprint density at radius 1 is 1.24 bits per heavy atom. The summed E-state index contributed by atoms with van der Waals surface area (Å²) in [4.78, 5) is 12.0. The smallest absolute Gasteiger partial charge is 0.387 e. The van der Waals surface area contributed by atoms with E-state index in [0.717, 1.165) is 17.0 Å². The molecule has 25 heavy (non-hydrogen) atoms. The predicted molar refractivity (Wildman–Crippen MR) is 92.5 cm³/mol. The summed E-state index contributed by atoms with van der Waals surface area (Å²) in [5.41, 5.74) is 2.83. The van der Waals surface area contributed by atoms with Crippen molar-refractivity contribution in [3.05, 3.63) is 41.7 Å². The van der Waals surface area contributed by atoms with Crippen molar-refractivity contribution in [2.45, 2.75) is 30.9 Å². The van der Waals surface area contributed by atoms with Crippen molar-refractivity contribution in [2.75, 3.05) is 7.11 Å². The van der Waals surface area contributed by atoms with Gasteiger partial charge in [-0.3, -0.25) is 4.98 Å². The van der Waals surface area contributed by atoms with Gasteiger partial charge in [-0.15, -0.1) is 0 Å². The molecule has 132 valence electrons. The third kappa shape index (κ3) is 4.01. The lowest BCUT2D eigenvalue weighted by Gasteiger charge is -2.09. The van der Waals surface area contributed by atoms with Crippen molar-refractivity contribution >= 4 is 22.8 Å². The first-order chi connectivity index (χ1) is 12.0. The largest absolute Gasteiger partial charge is 0.497 e. The highest BCUT2D eigenvalue weighted by atomic mass is 32.2. The lowest BCUT2D eigenvalue weighted by Crippen LogP contribution is -2.03. The van der Waals surface area contributed by atoms with Gasteiger partial charge in [0.05, 0.1) is 29.1 Å². The van der Waals surface area contributed by atoms with Gasteiger partial charge < -0.3 is 14.5 Å². The molecule has 0 saturated carbocycles. The number of ether oxygens (including phenoxy) is 2. The summed E-state index contributed by atoms with van der Waals surface area (Å²) in [6.07, 6.45) is 1.70. The summed E-state index contributed by atoms with van der Waals surface area (Å²) in [5, 5.41) is 0.717. The quantitative estimate of drug-likeness (QED) is 0.640. The Kier molecular flexibility index (Phi) is 5.08. The number of benzene rings is 1. The van der Waals surface area contributed by atoms with Gasteiger partial charge in [0, 0.05) is 18.3 Å². The topological polar surface area (TPSA) is 60.0 Å². The van der Waals surface area contributed by atoms with Gasteiger partial charge in [-0.2, -0.15) is 8.78 Å². The van der Waals surface area contributed by atoms with E-state index >= 15 is 0 Å². The molecule has 1 atom stereocenters. The van der Waals surface area contributed by atoms with Crippen molar-refractivity contribution < 1.29 is 18.3 Å². The Labute approximate surface area is 147 Å². The number of nitrogens with zero attached hydrogens (tertiary/aromatic N) is 2. The molecule has 0 aliphatic heterocycles. The highest BCUT2D eigenvalue weighted by molar-refractivity contribution is 7.99. The van der Waals surface area contributed by atoms with Gasteiger partial charge >= 0.3 is 6.61 Å². The van der Waals surface area contributed by atoms with Gasteiger partial charge in [-0.05, 0) is 31.5 Å². The third-order valence-corrected chi connectivity index (χ3v) is 4.68. The Hall–Kier alpha value is -2.35. The molecule has 0 radical (unpaired) electrons. The maximum absolute atomic E-state index is 12.5. The van der Waals surface area contributed by atoms with E-state index in [9.17, 15) is 8.78 Å². The summed E-state index contributed by atoms with van der Waals surface area (Å²) < 4.78 is 34.6. The molecular weight excluding hydrogens is 348 g/mol. The molecular formula is C17H17F2N3O2S. The molecule has 3 aromatic rings. The van der Waals surface area contributed by atoms with Crippen LogP contribution in [0.15, 0.2) is 35.6 Å². The van der Waals surface area contributed by atoms with Crippen molar-refractivity contribution in [1.29, 1.82) is 0 Å². The molecule has 1 unspecified atom stereocenters. The second kappa shape index (κ2) is 7.26. The van der Waals surface area contributed by atoms with Crippen molar-refractivity contribution in [3.8, 4) is 11.5 Å². The Morgan fingerprint density at radius 3 is 2.76 bits per heavy atom. The van der Waals surface area contributed by atoms with Crippen molar-refractivity contribution in [3.63, 3.8) is 0 Å². The number of halogens is 2. The van der Waals surface area contributed by atoms with E-state index in [1.54, 1.807) is 32.4 Å². The first kappa shape index (κ1) is 17.5. The highest BCUT2D eigenvalue weighted by Gasteiger charge is 2.15. The van der Waals surface area contributed by atoms with Crippen LogP contribution in [0.5, 0.6) is 11.5 Å². The number of alkyl halides is 2. The molecule has 0 saturated heterocycles. The van der Waals surface area contributed by atoms with Gasteiger partial charge in [0.25, 0.3) is 0 Å². The van der Waals surface area contributed by atoms with Gasteiger partial charge in [0.15, 0.2) is 5.16 Å². The number of aromatic amines is 1. The molecule has 8 heteroatoms. The predicted octanol–water partition coefficient (Wildman–Crippen LogP) is 4.73. The maximum Gasteiger partial charge on any atom is 0.387 e. The number of rotatable bonds is 6. The molecule has 0 spiro atoms. The van der Waals surface area contributed by atoms with Crippen LogP contribution in [-0.2, 0) is 0 Å². The van der Waals surface area contributed by atoms with Crippen LogP contribution in [0, 0.1) is 6.92 Å². The van der Waals surface area contributed by atoms with Gasteiger partial charge in [0.1, 0.15) is 11.5 Å². The molecule has 0 aliphatic rings. The SMILES string of the molecule is COc1ccnc(C(C)Sc2nc3cc(OC(F)F)c(C)cc3[nH]2)c1. The molecule has 1 aromatic carbocycles. The lowest BCUT2D eigenvalue weighted by molar-refractivity contribution is -0.0502. The monoisotopic (exact) mass is 365 g/mol. The number of aromatic nitrogens is 3. The fourth-order valence-electron chi connectivity index (χ4n) is 2.41. The molecule has 0 bridgehead atoms. The zero-order valence-corrected chi connectivity index (χ0v) is 14.7. The Bertz CT molecular complexity index is 885. The molecule has 3 rings (SSSR count). The van der Waals surface area contributed by atoms with E-state index in [1.807, 2.05) is 13.0 Å². The fraction of sp³-hybridized carbons (Fsp3) is 0.294. The van der Waals surface area contributed by atoms with Crippen LogP contribution in [0.4, 0.5) is 8.78 Å². The number of pyridine rings is 1. The molecule has 2 heterocycles. The van der Waals surface area contributed by atoms with E-state index < -0.39 is 6.61 Å². The number of fused-ring (bicyclic) bond motifs is 1. The first-order valence-electron chi connectivity index (χ1n) is 7.58. The van der Waals surface area contributed by atoms with E-state index in [1.165, 1.54) is 17.8 Å². The van der Waals surface area contributed by atoms with E-state index in [0.29, 0.717) is 16.2 Å². The highest BCUT2D eigenvalue weighted by Crippen LogP contribution is 2.35. The molecule has 0 fully saturated rings. The zero-order chi connectivity index (χ0) is 18.0. The van der Waals surface area contributed by atoms with Gasteiger partial charge in [-0.1, -0.05) is 11.8 Å². The number of nitrogens with one attached hydrogen (secondary N) is 1. The maximum atomic E-state index is 12.5. The van der Waals surface area contributed by atoms with Crippen LogP contribution in [-0.4, -0.2) is 28.7 Å². The minimum atomic E-state index is -2.86. The van der Waals surface area contributed by atoms with Crippen LogP contribution >= 0.6 is 11.8 Å². The number of thioether (sulfide) groups is 1. The molecule has 5 nitrogen and oxygen atoms in total. The van der Waals surface area contributed by atoms with Gasteiger partial charge in [0.2, 0.25) is 0 Å². The standard InChI is InChI=1S/C17H17F2N3O2S/c1-9-6-13-14(8-15(9)24-16(18)19)22-17(21-13)25-10(2)12-7-11(23-3)4-5-20-12/h4-8,10,16H,1-3H3,(H,21,22). The third-order valence-electron chi connectivity index (χ3n) is 3.67. The fourth-order valence-corrected chi connectivity index (χ4v) is 3.31. The second-order valence-electron chi connectivity index (χ2n) is 5.44. The summed E-state index contributed by atoms with van der Waals surface area (Å²) in [5.74, 6) is 0.875. The first-order valence-corrected chi connectivity index (χ1v) is 8.46. The molecule has 2 aromatic heterocycles. The second-order valence-corrected chi connectivity index (χ2v) is 6.77. The summed E-state index contributed by atoms with van der Waals surface area (Å²) in [6, 6.07) is 6.93. The summed E-state index contributed by atoms with van der Waals surface area (Å²) >= 11 is 1.49. The zero-order valence-electron chi connectivity index (χ0n) is 13.9. The van der Waals surface area contributed by atoms with Crippen LogP contribution in [0.2, 0.25) is 0 Å². The number of aryl methyl sites for hydroxylation is 1. The normalized spacial score (nSPS) is 12.6. The van der Waals surface area contributed by atoms with E-state index in [2.05, 4.69) is 19.7 Å². The van der Waals surface area contributed by atoms with Crippen molar-refractivity contribution in [2.24, 2.45) is 0 Å². The van der Waals surface area contributed by atoms with Gasteiger partial charge in [-0.25, -0.2) is 4.98 Å². The minimum absolute atomic E-state index is 0.0357. The summed E-state index contributed by atoms with van der Waals surface area (Å²) in [7, 11) is 1.61. The molecule has 0 amide bonds. The van der Waals surface area contributed by atoms with Crippen LogP contribution in [0.25, 0.3) is 11.0 Å². The number of imidazole rings is 1. The van der Waals surface area contributed by atoms with E-state index in [-0.39, 0.29) is 11.0 Å². The molecule has 0 aliphatic carbocycles. The Balaban J connectivity index is 1.83. The Morgan fingerprint density at radius 2 is 2.04 bits per heavy atom. The average molecular weight is 365 g/mol. The van der Waals surface area contributed by atoms with Crippen LogP contribution in [0.1, 0.15) is 23.4 Å². The van der Waals surface area contributed by atoms with Crippen molar-refractivity contribution in [1.82, 2.24) is 15.0 Å². The van der Waals surface area contributed by atoms with Crippen LogP contribution < -0.4 is 9.47 Å². The number of hydrogen-bond donors (Lipinski definition) is 1. The summed E-state index contributed by atoms with van der Waals surface area (Å²) in [6.45, 7) is 0.868. The number of H-pyrrole nitrogens is 1. The molecule has 1 N–H and O–H groups in total. The van der Waals surface area contributed by atoms with E-state index in [4.69, 9.17) is 4.74 Å². The average Bonchev–Trinajstić information content (AvgIpc) is 2.95. The number of methoxy groups -OCH3 is 1. The van der Waals surface area contributed by atoms with Crippen LogP contribution in [0.3, 0.4) is 0 Å². The lowest BCUT2D eigenvalue weighted by atomic mass is 10.2. The minimum Gasteiger partial charge on any atom is -0.497 e. The number of hydrogen-bond acceptors (Lipinski definition) is 5.